The molecule has 0 spiro atoms. The second-order valence-corrected chi connectivity index (χ2v) is 4.43. The molecule has 1 saturated heterocycles. The number of nitrogens with one attached hydrogen (secondary N) is 1. The molecule has 1 aliphatic rings. The van der Waals surface area contributed by atoms with Crippen LogP contribution in [-0.4, -0.2) is 60.1 Å². The number of nitrogens with two attached hydrogens (primary N) is 1. The zero-order chi connectivity index (χ0) is 15.1. The van der Waals surface area contributed by atoms with Gasteiger partial charge in [0.05, 0.1) is 5.92 Å². The van der Waals surface area contributed by atoms with Gasteiger partial charge in [0.1, 0.15) is 13.2 Å². The van der Waals surface area contributed by atoms with Crippen LogP contribution in [0.15, 0.2) is 0 Å². The molecule has 1 heterocycles. The van der Waals surface area contributed by atoms with Crippen molar-refractivity contribution < 1.29 is 29.0 Å². The fourth-order valence-electron chi connectivity index (χ4n) is 1.86. The number of carbonyl (C=O) groups is 4. The van der Waals surface area contributed by atoms with Gasteiger partial charge in [-0.25, -0.2) is 9.59 Å². The molecule has 0 aromatic carbocycles. The molecule has 4 amide bonds. The van der Waals surface area contributed by atoms with E-state index < -0.39 is 42.9 Å². The van der Waals surface area contributed by atoms with Crippen molar-refractivity contribution >= 4 is 23.8 Å². The summed E-state index contributed by atoms with van der Waals surface area (Å²) in [5.41, 5.74) is 5.19. The van der Waals surface area contributed by atoms with Gasteiger partial charge in [0.15, 0.2) is 0 Å². The van der Waals surface area contributed by atoms with Gasteiger partial charge >= 0.3 is 12.0 Å². The number of carboxylic acid groups (broad SMARTS) is 1. The molecule has 0 saturated carbocycles. The summed E-state index contributed by atoms with van der Waals surface area (Å²) in [4.78, 5) is 45.6. The zero-order valence-electron chi connectivity index (χ0n) is 10.8. The van der Waals surface area contributed by atoms with Crippen LogP contribution in [0.5, 0.6) is 0 Å². The van der Waals surface area contributed by atoms with Crippen LogP contribution in [0.1, 0.15) is 12.8 Å². The fourth-order valence-corrected chi connectivity index (χ4v) is 1.86. The third-order valence-corrected chi connectivity index (χ3v) is 2.82. The Morgan fingerprint density at radius 1 is 1.30 bits per heavy atom. The molecule has 1 fully saturated rings. The highest BCUT2D eigenvalue weighted by molar-refractivity contribution is 5.95. The number of carbonyl (C=O) groups excluding carboxylic acids is 3. The lowest BCUT2D eigenvalue weighted by molar-refractivity contribution is -0.143. The van der Waals surface area contributed by atoms with E-state index in [2.05, 4.69) is 10.1 Å². The maximum Gasteiger partial charge on any atom is 0.329 e. The summed E-state index contributed by atoms with van der Waals surface area (Å²) in [5, 5.41) is 10.4. The van der Waals surface area contributed by atoms with E-state index in [9.17, 15) is 19.2 Å². The molecular weight excluding hydrogens is 270 g/mol. The number of amides is 4. The van der Waals surface area contributed by atoms with Gasteiger partial charge in [-0.3, -0.25) is 14.9 Å². The molecule has 1 atom stereocenters. The van der Waals surface area contributed by atoms with Gasteiger partial charge < -0.3 is 20.5 Å². The lowest BCUT2D eigenvalue weighted by Crippen LogP contribution is -2.50. The van der Waals surface area contributed by atoms with E-state index in [0.717, 1.165) is 0 Å². The summed E-state index contributed by atoms with van der Waals surface area (Å²) in [6, 6.07) is -0.639. The molecule has 9 nitrogen and oxygen atoms in total. The molecule has 0 radical (unpaired) electrons. The Labute approximate surface area is 115 Å². The monoisotopic (exact) mass is 287 g/mol. The van der Waals surface area contributed by atoms with E-state index in [1.165, 1.54) is 4.90 Å². The second-order valence-electron chi connectivity index (χ2n) is 4.43. The minimum Gasteiger partial charge on any atom is -0.480 e. The summed E-state index contributed by atoms with van der Waals surface area (Å²) in [7, 11) is 0. The van der Waals surface area contributed by atoms with Crippen LogP contribution < -0.4 is 11.1 Å². The molecule has 0 aromatic heterocycles. The Kier molecular flexibility index (Phi) is 5.91. The molecule has 0 aromatic rings. The van der Waals surface area contributed by atoms with Crippen molar-refractivity contribution in [3.8, 4) is 0 Å². The topological polar surface area (TPSA) is 139 Å². The predicted octanol–water partition coefficient (Wildman–Crippen LogP) is -1.48. The molecule has 0 aliphatic carbocycles. The maximum absolute atomic E-state index is 11.7. The smallest absolute Gasteiger partial charge is 0.329 e. The quantitative estimate of drug-likeness (QED) is 0.563. The molecule has 0 bridgehead atoms. The number of imide groups is 1. The molecule has 1 rings (SSSR count). The van der Waals surface area contributed by atoms with Crippen molar-refractivity contribution in [1.82, 2.24) is 10.2 Å². The van der Waals surface area contributed by atoms with Crippen LogP contribution in [0.3, 0.4) is 0 Å². The number of piperidine rings is 1. The molecule has 4 N–H and O–H groups in total. The largest absolute Gasteiger partial charge is 0.480 e. The first-order valence-electron chi connectivity index (χ1n) is 6.07. The molecule has 20 heavy (non-hydrogen) atoms. The normalized spacial score (nSPS) is 18.4. The summed E-state index contributed by atoms with van der Waals surface area (Å²) in [6.07, 6.45) is 1.25. The number of hydrogen-bond donors (Lipinski definition) is 3. The number of ether oxygens (including phenoxy) is 1. The Balaban J connectivity index is 2.36. The lowest BCUT2D eigenvalue weighted by atomic mass is 9.98. The van der Waals surface area contributed by atoms with E-state index in [1.807, 2.05) is 0 Å². The first-order chi connectivity index (χ1) is 9.40. The number of nitrogens with zero attached hydrogens (tertiary/aromatic N) is 1. The van der Waals surface area contributed by atoms with Crippen LogP contribution in [0.2, 0.25) is 0 Å². The maximum atomic E-state index is 11.7. The van der Waals surface area contributed by atoms with Crippen LogP contribution in [0.4, 0.5) is 4.79 Å². The first-order valence-corrected chi connectivity index (χ1v) is 6.07. The van der Waals surface area contributed by atoms with Crippen LogP contribution in [-0.2, 0) is 19.1 Å². The van der Waals surface area contributed by atoms with Crippen molar-refractivity contribution in [3.63, 3.8) is 0 Å². The standard InChI is InChI=1S/C11H17N3O6/c12-10(18)7-2-1-3-14(4-7)11(19)13-8(15)5-20-6-9(16)17/h7H,1-6H2,(H2,12,18)(H,16,17)(H,13,15,19). The van der Waals surface area contributed by atoms with Gasteiger partial charge in [-0.2, -0.15) is 0 Å². The number of primary amides is 1. The Morgan fingerprint density at radius 2 is 2.00 bits per heavy atom. The number of aliphatic carboxylic acids is 1. The van der Waals surface area contributed by atoms with Crippen molar-refractivity contribution in [3.05, 3.63) is 0 Å². The number of hydrogen-bond acceptors (Lipinski definition) is 5. The first kappa shape index (κ1) is 15.9. The van der Waals surface area contributed by atoms with Crippen LogP contribution >= 0.6 is 0 Å². The minimum absolute atomic E-state index is 0.171. The number of carboxylic acids is 1. The van der Waals surface area contributed by atoms with Gasteiger partial charge in [-0.05, 0) is 12.8 Å². The molecule has 9 heteroatoms. The average Bonchev–Trinajstić information content (AvgIpc) is 2.38. The average molecular weight is 287 g/mol. The van der Waals surface area contributed by atoms with Gasteiger partial charge in [0.2, 0.25) is 5.91 Å². The molecule has 1 aliphatic heterocycles. The summed E-state index contributed by atoms with van der Waals surface area (Å²) in [6.45, 7) is -0.538. The number of rotatable bonds is 5. The van der Waals surface area contributed by atoms with E-state index in [-0.39, 0.29) is 6.54 Å². The summed E-state index contributed by atoms with van der Waals surface area (Å²) in [5.74, 6) is -2.83. The zero-order valence-corrected chi connectivity index (χ0v) is 10.8. The highest BCUT2D eigenvalue weighted by atomic mass is 16.5. The van der Waals surface area contributed by atoms with Crippen molar-refractivity contribution in [2.45, 2.75) is 12.8 Å². The Morgan fingerprint density at radius 3 is 2.60 bits per heavy atom. The van der Waals surface area contributed by atoms with Gasteiger partial charge in [0, 0.05) is 13.1 Å². The van der Waals surface area contributed by atoms with Crippen molar-refractivity contribution in [2.75, 3.05) is 26.3 Å². The highest BCUT2D eigenvalue weighted by Crippen LogP contribution is 2.15. The highest BCUT2D eigenvalue weighted by Gasteiger charge is 2.27. The Bertz CT molecular complexity index is 411. The minimum atomic E-state index is -1.20. The fraction of sp³-hybridized carbons (Fsp3) is 0.636. The summed E-state index contributed by atoms with van der Waals surface area (Å²) >= 11 is 0. The van der Waals surface area contributed by atoms with E-state index in [0.29, 0.717) is 19.4 Å². The molecule has 112 valence electrons. The van der Waals surface area contributed by atoms with Gasteiger partial charge in [0.25, 0.3) is 5.91 Å². The predicted molar refractivity (Wildman–Crippen MR) is 65.5 cm³/mol. The van der Waals surface area contributed by atoms with E-state index in [1.54, 1.807) is 0 Å². The number of likely N-dealkylation sites (tertiary alicyclic amines) is 1. The molecular formula is C11H17N3O6. The van der Waals surface area contributed by atoms with E-state index >= 15 is 0 Å². The molecule has 1 unspecified atom stereocenters. The lowest BCUT2D eigenvalue weighted by Gasteiger charge is -2.30. The Hall–Kier alpha value is -2.16. The van der Waals surface area contributed by atoms with Crippen molar-refractivity contribution in [1.29, 1.82) is 0 Å². The van der Waals surface area contributed by atoms with Gasteiger partial charge in [-0.1, -0.05) is 0 Å². The van der Waals surface area contributed by atoms with Crippen LogP contribution in [0.25, 0.3) is 0 Å². The van der Waals surface area contributed by atoms with E-state index in [4.69, 9.17) is 10.8 Å². The third kappa shape index (κ3) is 5.22. The van der Waals surface area contributed by atoms with Gasteiger partial charge in [-0.15, -0.1) is 0 Å². The number of urea groups is 1. The third-order valence-electron chi connectivity index (χ3n) is 2.82. The SMILES string of the molecule is NC(=O)C1CCCN(C(=O)NC(=O)COCC(=O)O)C1. The van der Waals surface area contributed by atoms with Crippen LogP contribution in [0, 0.1) is 5.92 Å². The van der Waals surface area contributed by atoms with Crippen molar-refractivity contribution in [2.24, 2.45) is 11.7 Å². The second kappa shape index (κ2) is 7.43. The summed E-state index contributed by atoms with van der Waals surface area (Å²) < 4.78 is 4.55.